The first-order valence-corrected chi connectivity index (χ1v) is 9.57. The number of anilines is 1. The zero-order chi connectivity index (χ0) is 19.7. The number of carbonyl (C=O) groups excluding carboxylic acids is 2. The third-order valence-corrected chi connectivity index (χ3v) is 5.07. The van der Waals surface area contributed by atoms with Crippen LogP contribution >= 0.6 is 11.6 Å². The van der Waals surface area contributed by atoms with E-state index in [0.29, 0.717) is 22.2 Å². The van der Waals surface area contributed by atoms with E-state index in [4.69, 9.17) is 16.3 Å². The topological polar surface area (TPSA) is 68.3 Å². The predicted octanol–water partition coefficient (Wildman–Crippen LogP) is 4.95. The molecule has 6 heteroatoms. The van der Waals surface area contributed by atoms with Crippen LogP contribution in [0.25, 0.3) is 10.9 Å². The van der Waals surface area contributed by atoms with Gasteiger partial charge in [-0.05, 0) is 44.0 Å². The number of nitrogens with zero attached hydrogens (tertiary/aromatic N) is 1. The van der Waals surface area contributed by atoms with E-state index in [2.05, 4.69) is 10.3 Å². The number of amides is 1. The quantitative estimate of drug-likeness (QED) is 0.621. The number of halogens is 1. The van der Waals surface area contributed by atoms with Crippen LogP contribution in [0.1, 0.15) is 41.7 Å². The van der Waals surface area contributed by atoms with Gasteiger partial charge in [0.1, 0.15) is 0 Å². The summed E-state index contributed by atoms with van der Waals surface area (Å²) in [6, 6.07) is 16.2. The van der Waals surface area contributed by atoms with Crippen LogP contribution in [-0.4, -0.2) is 23.0 Å². The summed E-state index contributed by atoms with van der Waals surface area (Å²) < 4.78 is 5.45. The van der Waals surface area contributed by atoms with Gasteiger partial charge < -0.3 is 10.1 Å². The van der Waals surface area contributed by atoms with Gasteiger partial charge >= 0.3 is 5.97 Å². The van der Waals surface area contributed by atoms with Crippen molar-refractivity contribution in [3.8, 4) is 0 Å². The maximum Gasteiger partial charge on any atom is 0.339 e. The second kappa shape index (κ2) is 7.60. The average Bonchev–Trinajstić information content (AvgIpc) is 3.54. The van der Waals surface area contributed by atoms with Crippen LogP contribution in [0.4, 0.5) is 5.69 Å². The van der Waals surface area contributed by atoms with Crippen LogP contribution in [0.5, 0.6) is 0 Å². The molecule has 1 heterocycles. The van der Waals surface area contributed by atoms with Gasteiger partial charge in [-0.2, -0.15) is 0 Å². The largest absolute Gasteiger partial charge is 0.449 e. The van der Waals surface area contributed by atoms with E-state index in [1.807, 2.05) is 24.3 Å². The number of aromatic nitrogens is 1. The zero-order valence-corrected chi connectivity index (χ0v) is 16.1. The number of ether oxygens (including phenoxy) is 1. The summed E-state index contributed by atoms with van der Waals surface area (Å²) in [7, 11) is 0. The summed E-state index contributed by atoms with van der Waals surface area (Å²) >= 11 is 6.06. The van der Waals surface area contributed by atoms with Crippen LogP contribution < -0.4 is 5.32 Å². The highest BCUT2D eigenvalue weighted by Crippen LogP contribution is 2.40. The van der Waals surface area contributed by atoms with Crippen molar-refractivity contribution in [3.63, 3.8) is 0 Å². The van der Waals surface area contributed by atoms with Crippen molar-refractivity contribution >= 4 is 40.1 Å². The van der Waals surface area contributed by atoms with Gasteiger partial charge in [0.2, 0.25) is 0 Å². The highest BCUT2D eigenvalue weighted by molar-refractivity contribution is 6.33. The third kappa shape index (κ3) is 3.85. The fourth-order valence-electron chi connectivity index (χ4n) is 3.03. The van der Waals surface area contributed by atoms with Crippen molar-refractivity contribution in [1.29, 1.82) is 0 Å². The molecule has 0 unspecified atom stereocenters. The molecular formula is C22H19ClN2O3. The molecule has 1 fully saturated rings. The SMILES string of the molecule is C[C@@H](OC(=O)c1cc(C2CC2)nc2ccccc12)C(=O)Nc1ccccc1Cl. The van der Waals surface area contributed by atoms with E-state index >= 15 is 0 Å². The molecule has 28 heavy (non-hydrogen) atoms. The minimum absolute atomic E-state index is 0.400. The maximum atomic E-state index is 12.8. The monoisotopic (exact) mass is 394 g/mol. The normalized spacial score (nSPS) is 14.5. The molecule has 0 radical (unpaired) electrons. The molecule has 3 aromatic rings. The Morgan fingerprint density at radius 1 is 1.14 bits per heavy atom. The molecule has 142 valence electrons. The standard InChI is InChI=1S/C22H19ClN2O3/c1-13(21(26)25-19-9-5-3-7-17(19)23)28-22(27)16-12-20(14-10-11-14)24-18-8-4-2-6-15(16)18/h2-9,12-14H,10-11H2,1H3,(H,25,26)/t13-/m1/s1. The number of para-hydroxylation sites is 2. The Morgan fingerprint density at radius 2 is 1.86 bits per heavy atom. The number of nitrogens with one attached hydrogen (secondary N) is 1. The van der Waals surface area contributed by atoms with Crippen molar-refractivity contribution in [1.82, 2.24) is 4.98 Å². The van der Waals surface area contributed by atoms with Crippen molar-refractivity contribution in [2.45, 2.75) is 31.8 Å². The molecule has 1 aliphatic carbocycles. The smallest absolute Gasteiger partial charge is 0.339 e. The van der Waals surface area contributed by atoms with Gasteiger partial charge in [0.05, 0.1) is 21.8 Å². The summed E-state index contributed by atoms with van der Waals surface area (Å²) in [5, 5.41) is 3.82. The fourth-order valence-corrected chi connectivity index (χ4v) is 3.21. The van der Waals surface area contributed by atoms with Crippen LogP contribution in [0.15, 0.2) is 54.6 Å². The van der Waals surface area contributed by atoms with Crippen molar-refractivity contribution < 1.29 is 14.3 Å². The first kappa shape index (κ1) is 18.4. The van der Waals surface area contributed by atoms with E-state index in [-0.39, 0.29) is 0 Å². The van der Waals surface area contributed by atoms with Gasteiger partial charge in [-0.3, -0.25) is 9.78 Å². The van der Waals surface area contributed by atoms with E-state index in [0.717, 1.165) is 29.4 Å². The molecule has 5 nitrogen and oxygen atoms in total. The summed E-state index contributed by atoms with van der Waals surface area (Å²) in [5.41, 5.74) is 2.57. The van der Waals surface area contributed by atoms with Crippen LogP contribution in [0, 0.1) is 0 Å². The molecule has 0 spiro atoms. The Kier molecular flexibility index (Phi) is 5.01. The van der Waals surface area contributed by atoms with Crippen molar-refractivity contribution in [2.75, 3.05) is 5.32 Å². The van der Waals surface area contributed by atoms with Gasteiger partial charge in [-0.1, -0.05) is 41.9 Å². The number of esters is 1. The van der Waals surface area contributed by atoms with Crippen LogP contribution in [-0.2, 0) is 9.53 Å². The summed E-state index contributed by atoms with van der Waals surface area (Å²) in [5.74, 6) is -0.582. The van der Waals surface area contributed by atoms with E-state index < -0.39 is 18.0 Å². The molecule has 0 aliphatic heterocycles. The van der Waals surface area contributed by atoms with Crippen LogP contribution in [0.3, 0.4) is 0 Å². The van der Waals surface area contributed by atoms with Gasteiger partial charge in [-0.15, -0.1) is 0 Å². The predicted molar refractivity (Wildman–Crippen MR) is 109 cm³/mol. The highest BCUT2D eigenvalue weighted by Gasteiger charge is 2.28. The molecule has 0 saturated heterocycles. The minimum Gasteiger partial charge on any atom is -0.449 e. The fraction of sp³-hybridized carbons (Fsp3) is 0.227. The third-order valence-electron chi connectivity index (χ3n) is 4.74. The van der Waals surface area contributed by atoms with Crippen molar-refractivity contribution in [3.05, 3.63) is 70.9 Å². The molecular weight excluding hydrogens is 376 g/mol. The summed E-state index contributed by atoms with van der Waals surface area (Å²) in [6.45, 7) is 1.54. The molecule has 1 aromatic heterocycles. The number of rotatable bonds is 5. The molecule has 1 N–H and O–H groups in total. The van der Waals surface area contributed by atoms with Gasteiger partial charge in [0.15, 0.2) is 6.10 Å². The number of benzene rings is 2. The lowest BCUT2D eigenvalue weighted by molar-refractivity contribution is -0.123. The van der Waals surface area contributed by atoms with Gasteiger partial charge in [0, 0.05) is 17.0 Å². The number of hydrogen-bond donors (Lipinski definition) is 1. The molecule has 0 bridgehead atoms. The number of pyridine rings is 1. The van der Waals surface area contributed by atoms with Gasteiger partial charge in [-0.25, -0.2) is 4.79 Å². The van der Waals surface area contributed by atoms with Crippen LogP contribution in [0.2, 0.25) is 5.02 Å². The molecule has 1 aliphatic rings. The lowest BCUT2D eigenvalue weighted by Crippen LogP contribution is -2.30. The van der Waals surface area contributed by atoms with E-state index in [1.165, 1.54) is 6.92 Å². The van der Waals surface area contributed by atoms with Crippen molar-refractivity contribution in [2.24, 2.45) is 0 Å². The summed E-state index contributed by atoms with van der Waals surface area (Å²) in [4.78, 5) is 29.9. The molecule has 1 saturated carbocycles. The lowest BCUT2D eigenvalue weighted by atomic mass is 10.1. The number of fused-ring (bicyclic) bond motifs is 1. The average molecular weight is 395 g/mol. The highest BCUT2D eigenvalue weighted by atomic mass is 35.5. The zero-order valence-electron chi connectivity index (χ0n) is 15.3. The molecule has 2 aromatic carbocycles. The Hall–Kier alpha value is -2.92. The Morgan fingerprint density at radius 3 is 2.61 bits per heavy atom. The van der Waals surface area contributed by atoms with Gasteiger partial charge in [0.25, 0.3) is 5.91 Å². The summed E-state index contributed by atoms with van der Waals surface area (Å²) in [6.07, 6.45) is 1.19. The molecule has 4 rings (SSSR count). The Bertz CT molecular complexity index is 1060. The second-order valence-corrected chi connectivity index (χ2v) is 7.31. The van der Waals surface area contributed by atoms with E-state index in [9.17, 15) is 9.59 Å². The first-order valence-electron chi connectivity index (χ1n) is 9.19. The Balaban J connectivity index is 1.54. The van der Waals surface area contributed by atoms with E-state index in [1.54, 1.807) is 30.3 Å². The molecule has 1 amide bonds. The molecule has 1 atom stereocenters. The lowest BCUT2D eigenvalue weighted by Gasteiger charge is -2.15. The minimum atomic E-state index is -0.972. The number of hydrogen-bond acceptors (Lipinski definition) is 4. The first-order chi connectivity index (χ1) is 13.5. The number of carbonyl (C=O) groups is 2. The maximum absolute atomic E-state index is 12.8. The second-order valence-electron chi connectivity index (χ2n) is 6.90. The Labute approximate surface area is 167 Å².